The highest BCUT2D eigenvalue weighted by atomic mass is 35.5. The van der Waals surface area contributed by atoms with Crippen molar-refractivity contribution in [2.45, 2.75) is 19.8 Å². The van der Waals surface area contributed by atoms with Crippen LogP contribution in [0.3, 0.4) is 0 Å². The van der Waals surface area contributed by atoms with Crippen molar-refractivity contribution in [1.29, 1.82) is 0 Å². The monoisotopic (exact) mass is 222 g/mol. The Morgan fingerprint density at radius 1 is 1.40 bits per heavy atom. The van der Waals surface area contributed by atoms with Gasteiger partial charge in [-0.15, -0.1) is 0 Å². The van der Waals surface area contributed by atoms with Crippen molar-refractivity contribution < 1.29 is 4.42 Å². The minimum atomic E-state index is 0.477. The Balaban J connectivity index is 2.40. The topological polar surface area (TPSA) is 38.9 Å². The highest BCUT2D eigenvalue weighted by Crippen LogP contribution is 2.18. The van der Waals surface area contributed by atoms with E-state index >= 15 is 0 Å². The molecule has 78 valence electrons. The van der Waals surface area contributed by atoms with Crippen LogP contribution in [0.15, 0.2) is 29.1 Å². The molecule has 0 amide bonds. The zero-order valence-corrected chi connectivity index (χ0v) is 9.16. The number of aromatic nitrogens is 2. The van der Waals surface area contributed by atoms with E-state index in [4.69, 9.17) is 16.0 Å². The van der Waals surface area contributed by atoms with Crippen molar-refractivity contribution >= 4 is 11.6 Å². The summed E-state index contributed by atoms with van der Waals surface area (Å²) in [4.78, 5) is 8.56. The van der Waals surface area contributed by atoms with Gasteiger partial charge in [0.2, 0.25) is 0 Å². The highest BCUT2D eigenvalue weighted by Gasteiger charge is 2.06. The van der Waals surface area contributed by atoms with Gasteiger partial charge in [-0.2, -0.15) is 0 Å². The summed E-state index contributed by atoms with van der Waals surface area (Å²) < 4.78 is 4.99. The minimum Gasteiger partial charge on any atom is -0.472 e. The summed E-state index contributed by atoms with van der Waals surface area (Å²) >= 11 is 5.92. The molecule has 0 N–H and O–H groups in total. The molecule has 0 saturated heterocycles. The third-order valence-electron chi connectivity index (χ3n) is 2.03. The second kappa shape index (κ2) is 4.45. The van der Waals surface area contributed by atoms with E-state index < -0.39 is 0 Å². The van der Waals surface area contributed by atoms with Gasteiger partial charge in [0.15, 0.2) is 5.82 Å². The van der Waals surface area contributed by atoms with E-state index in [-0.39, 0.29) is 0 Å². The molecule has 0 fully saturated rings. The molecule has 2 heterocycles. The fraction of sp³-hybridized carbons (Fsp3) is 0.273. The zero-order valence-electron chi connectivity index (χ0n) is 8.40. The molecular formula is C11H11ClN2O. The Bertz CT molecular complexity index is 440. The first kappa shape index (κ1) is 10.2. The molecule has 0 atom stereocenters. The van der Waals surface area contributed by atoms with Gasteiger partial charge in [0, 0.05) is 5.69 Å². The van der Waals surface area contributed by atoms with E-state index in [1.54, 1.807) is 18.6 Å². The van der Waals surface area contributed by atoms with Crippen LogP contribution in [0.5, 0.6) is 0 Å². The van der Waals surface area contributed by atoms with Crippen LogP contribution in [0.1, 0.15) is 19.0 Å². The summed E-state index contributed by atoms with van der Waals surface area (Å²) in [5.74, 6) is 0.625. The van der Waals surface area contributed by atoms with E-state index in [9.17, 15) is 0 Å². The Morgan fingerprint density at radius 3 is 2.93 bits per heavy atom. The number of hydrogen-bond donors (Lipinski definition) is 0. The van der Waals surface area contributed by atoms with E-state index in [0.717, 1.165) is 24.1 Å². The third-order valence-corrected chi connectivity index (χ3v) is 2.23. The van der Waals surface area contributed by atoms with Gasteiger partial charge in [0.1, 0.15) is 11.4 Å². The van der Waals surface area contributed by atoms with Crippen molar-refractivity contribution in [2.24, 2.45) is 0 Å². The summed E-state index contributed by atoms with van der Waals surface area (Å²) in [5, 5.41) is 0.477. The van der Waals surface area contributed by atoms with Crippen LogP contribution in [0.2, 0.25) is 5.15 Å². The summed E-state index contributed by atoms with van der Waals surface area (Å²) in [5.41, 5.74) is 1.82. The van der Waals surface area contributed by atoms with Gasteiger partial charge in [-0.05, 0) is 18.6 Å². The predicted octanol–water partition coefficient (Wildman–Crippen LogP) is 3.34. The first-order chi connectivity index (χ1) is 7.29. The molecule has 2 aromatic heterocycles. The number of hydrogen-bond acceptors (Lipinski definition) is 3. The molecular weight excluding hydrogens is 212 g/mol. The van der Waals surface area contributed by atoms with Crippen LogP contribution >= 0.6 is 11.6 Å². The van der Waals surface area contributed by atoms with Crippen LogP contribution in [-0.4, -0.2) is 9.97 Å². The number of rotatable bonds is 3. The first-order valence-electron chi connectivity index (χ1n) is 4.85. The molecule has 2 rings (SSSR count). The molecule has 3 nitrogen and oxygen atoms in total. The van der Waals surface area contributed by atoms with Crippen LogP contribution in [0, 0.1) is 0 Å². The predicted molar refractivity (Wildman–Crippen MR) is 58.7 cm³/mol. The van der Waals surface area contributed by atoms with Gasteiger partial charge < -0.3 is 4.42 Å². The first-order valence-corrected chi connectivity index (χ1v) is 5.23. The average molecular weight is 223 g/mol. The van der Waals surface area contributed by atoms with Gasteiger partial charge in [-0.1, -0.05) is 24.9 Å². The standard InChI is InChI=1S/C11H11ClN2O/c1-2-3-9-6-10(12)14-11(13-9)8-4-5-15-7-8/h4-7H,2-3H2,1H3. The molecule has 0 saturated carbocycles. The second-order valence-electron chi connectivity index (χ2n) is 3.27. The maximum atomic E-state index is 5.92. The third kappa shape index (κ3) is 2.36. The molecule has 0 aliphatic rings. The maximum absolute atomic E-state index is 5.92. The summed E-state index contributed by atoms with van der Waals surface area (Å²) in [6, 6.07) is 3.62. The van der Waals surface area contributed by atoms with Crippen molar-refractivity contribution in [3.63, 3.8) is 0 Å². The number of halogens is 1. The largest absolute Gasteiger partial charge is 0.472 e. The molecule has 0 unspecified atom stereocenters. The summed E-state index contributed by atoms with van der Waals surface area (Å²) in [6.45, 7) is 2.10. The summed E-state index contributed by atoms with van der Waals surface area (Å²) in [6.07, 6.45) is 5.16. The van der Waals surface area contributed by atoms with Crippen LogP contribution in [-0.2, 0) is 6.42 Å². The molecule has 0 aliphatic carbocycles. The van der Waals surface area contributed by atoms with Gasteiger partial charge in [0.05, 0.1) is 11.8 Å². The van der Waals surface area contributed by atoms with E-state index in [1.165, 1.54) is 0 Å². The highest BCUT2D eigenvalue weighted by molar-refractivity contribution is 6.29. The second-order valence-corrected chi connectivity index (χ2v) is 3.65. The average Bonchev–Trinajstić information content (AvgIpc) is 2.70. The molecule has 0 aliphatic heterocycles. The van der Waals surface area contributed by atoms with Crippen molar-refractivity contribution in [1.82, 2.24) is 9.97 Å². The fourth-order valence-electron chi connectivity index (χ4n) is 1.37. The minimum absolute atomic E-state index is 0.477. The van der Waals surface area contributed by atoms with Crippen LogP contribution in [0.25, 0.3) is 11.4 Å². The lowest BCUT2D eigenvalue weighted by Gasteiger charge is -2.01. The molecule has 0 spiro atoms. The van der Waals surface area contributed by atoms with E-state index in [1.807, 2.05) is 6.07 Å². The van der Waals surface area contributed by atoms with Crippen molar-refractivity contribution in [2.75, 3.05) is 0 Å². The maximum Gasteiger partial charge on any atom is 0.164 e. The smallest absolute Gasteiger partial charge is 0.164 e. The normalized spacial score (nSPS) is 10.5. The van der Waals surface area contributed by atoms with Crippen LogP contribution < -0.4 is 0 Å². The Morgan fingerprint density at radius 2 is 2.27 bits per heavy atom. The quantitative estimate of drug-likeness (QED) is 0.748. The van der Waals surface area contributed by atoms with E-state index in [2.05, 4.69) is 16.9 Å². The Labute approximate surface area is 93.1 Å². The lowest BCUT2D eigenvalue weighted by atomic mass is 10.2. The summed E-state index contributed by atoms with van der Waals surface area (Å²) in [7, 11) is 0. The van der Waals surface area contributed by atoms with Gasteiger partial charge in [-0.25, -0.2) is 9.97 Å². The lowest BCUT2D eigenvalue weighted by molar-refractivity contribution is 0.568. The van der Waals surface area contributed by atoms with Gasteiger partial charge in [-0.3, -0.25) is 0 Å². The molecule has 0 radical (unpaired) electrons. The molecule has 15 heavy (non-hydrogen) atoms. The molecule has 0 aromatic carbocycles. The Kier molecular flexibility index (Phi) is 3.02. The number of furan rings is 1. The number of nitrogens with zero attached hydrogens (tertiary/aromatic N) is 2. The number of aryl methyl sites for hydroxylation is 1. The van der Waals surface area contributed by atoms with Crippen LogP contribution in [0.4, 0.5) is 0 Å². The van der Waals surface area contributed by atoms with Gasteiger partial charge in [0.25, 0.3) is 0 Å². The fourth-order valence-corrected chi connectivity index (χ4v) is 1.58. The van der Waals surface area contributed by atoms with Crippen molar-refractivity contribution in [3.05, 3.63) is 35.5 Å². The Hall–Kier alpha value is -1.35. The molecule has 0 bridgehead atoms. The van der Waals surface area contributed by atoms with Gasteiger partial charge >= 0.3 is 0 Å². The molecule has 4 heteroatoms. The molecule has 2 aromatic rings. The van der Waals surface area contributed by atoms with E-state index in [0.29, 0.717) is 11.0 Å². The lowest BCUT2D eigenvalue weighted by Crippen LogP contribution is -1.95. The van der Waals surface area contributed by atoms with Crippen molar-refractivity contribution in [3.8, 4) is 11.4 Å². The zero-order chi connectivity index (χ0) is 10.7. The SMILES string of the molecule is CCCc1cc(Cl)nc(-c2ccoc2)n1.